The predicted octanol–water partition coefficient (Wildman–Crippen LogP) is 2.37. The Morgan fingerprint density at radius 2 is 2.19 bits per heavy atom. The standard InChI is InChI=1S/C22H24N6O3/c1-4-8-28-9-7-17-19(22(28)31)16(12-27(17)3)25-15-10-18(26-20(29)13-5-6-13)24-11-14(15)21(30)23-2/h4,7,9-13H,1,5-6,8H2,2-3H3,(H,23,30)(H2,24,25,26,29)/i2D3. The van der Waals surface area contributed by atoms with Gasteiger partial charge in [0.05, 0.1) is 27.8 Å². The van der Waals surface area contributed by atoms with Crippen molar-refractivity contribution in [2.24, 2.45) is 13.0 Å². The van der Waals surface area contributed by atoms with Crippen molar-refractivity contribution >= 4 is 39.9 Å². The van der Waals surface area contributed by atoms with Crippen LogP contribution in [0.5, 0.6) is 0 Å². The third kappa shape index (κ3) is 3.94. The number of rotatable bonds is 7. The van der Waals surface area contributed by atoms with E-state index in [0.29, 0.717) is 23.1 Å². The van der Waals surface area contributed by atoms with Crippen molar-refractivity contribution in [2.75, 3.05) is 17.6 Å². The zero-order valence-corrected chi connectivity index (χ0v) is 16.9. The zero-order chi connectivity index (χ0) is 24.6. The Kier molecular flexibility index (Phi) is 4.41. The first-order valence-corrected chi connectivity index (χ1v) is 9.77. The van der Waals surface area contributed by atoms with Crippen LogP contribution in [0.3, 0.4) is 0 Å². The molecule has 0 aromatic carbocycles. The minimum Gasteiger partial charge on any atom is -0.355 e. The summed E-state index contributed by atoms with van der Waals surface area (Å²) in [6.45, 7) is 1.29. The van der Waals surface area contributed by atoms with Crippen LogP contribution >= 0.6 is 0 Å². The summed E-state index contributed by atoms with van der Waals surface area (Å²) in [7, 11) is 1.78. The summed E-state index contributed by atoms with van der Waals surface area (Å²) in [5.41, 5.74) is 0.950. The fourth-order valence-corrected chi connectivity index (χ4v) is 3.41. The van der Waals surface area contributed by atoms with Crippen LogP contribution in [0, 0.1) is 5.92 Å². The average Bonchev–Trinajstić information content (AvgIpc) is 3.54. The number of nitrogens with one attached hydrogen (secondary N) is 3. The van der Waals surface area contributed by atoms with E-state index in [0.717, 1.165) is 12.8 Å². The Hall–Kier alpha value is -3.88. The molecule has 1 aliphatic rings. The Labute approximate surface area is 183 Å². The van der Waals surface area contributed by atoms with Crippen LogP contribution in [0.2, 0.25) is 0 Å². The minimum absolute atomic E-state index is 0.0557. The van der Waals surface area contributed by atoms with E-state index >= 15 is 0 Å². The van der Waals surface area contributed by atoms with Gasteiger partial charge in [-0.1, -0.05) is 6.08 Å². The molecule has 0 unspecified atom stereocenters. The van der Waals surface area contributed by atoms with Crippen molar-refractivity contribution in [2.45, 2.75) is 19.4 Å². The third-order valence-electron chi connectivity index (χ3n) is 5.17. The van der Waals surface area contributed by atoms with E-state index in [9.17, 15) is 14.4 Å². The SMILES string of the molecule is [2H]C([2H])([2H])NC(=O)c1cnc(NC(=O)C2CC2)cc1Nc1cn(C)c2ccn(CC=C)c(=O)c12. The molecule has 9 nitrogen and oxygen atoms in total. The smallest absolute Gasteiger partial charge is 0.262 e. The lowest BCUT2D eigenvalue weighted by Gasteiger charge is -2.13. The highest BCUT2D eigenvalue weighted by atomic mass is 16.2. The molecule has 0 atom stereocenters. The maximum atomic E-state index is 13.1. The van der Waals surface area contributed by atoms with Crippen molar-refractivity contribution in [3.8, 4) is 0 Å². The molecule has 3 aromatic rings. The van der Waals surface area contributed by atoms with Gasteiger partial charge in [0.2, 0.25) is 5.91 Å². The summed E-state index contributed by atoms with van der Waals surface area (Å²) in [5, 5.41) is 8.11. The summed E-state index contributed by atoms with van der Waals surface area (Å²) in [6.07, 6.45) is 7.78. The Morgan fingerprint density at radius 1 is 1.39 bits per heavy atom. The first-order chi connectivity index (χ1) is 16.1. The van der Waals surface area contributed by atoms with Crippen LogP contribution in [0.4, 0.5) is 17.2 Å². The van der Waals surface area contributed by atoms with Gasteiger partial charge in [0.15, 0.2) is 0 Å². The number of hydrogen-bond acceptors (Lipinski definition) is 5. The van der Waals surface area contributed by atoms with Crippen LogP contribution in [0.15, 0.2) is 48.2 Å². The van der Waals surface area contributed by atoms with Gasteiger partial charge in [0, 0.05) is 55.3 Å². The summed E-state index contributed by atoms with van der Waals surface area (Å²) < 4.78 is 25.3. The highest BCUT2D eigenvalue weighted by molar-refractivity contribution is 6.03. The first-order valence-electron chi connectivity index (χ1n) is 11.3. The maximum Gasteiger partial charge on any atom is 0.262 e. The van der Waals surface area contributed by atoms with Crippen LogP contribution in [0.25, 0.3) is 10.9 Å². The van der Waals surface area contributed by atoms with Gasteiger partial charge in [-0.05, 0) is 18.9 Å². The summed E-state index contributed by atoms with van der Waals surface area (Å²) in [5.74, 6) is -0.901. The number of aromatic nitrogens is 3. The van der Waals surface area contributed by atoms with Gasteiger partial charge in [-0.25, -0.2) is 4.98 Å². The highest BCUT2D eigenvalue weighted by Gasteiger charge is 2.30. The van der Waals surface area contributed by atoms with Gasteiger partial charge < -0.3 is 25.1 Å². The second kappa shape index (κ2) is 8.10. The van der Waals surface area contributed by atoms with Crippen molar-refractivity contribution < 1.29 is 13.7 Å². The molecule has 0 saturated heterocycles. The Morgan fingerprint density at radius 3 is 2.90 bits per heavy atom. The van der Waals surface area contributed by atoms with Crippen molar-refractivity contribution in [1.82, 2.24) is 19.4 Å². The van der Waals surface area contributed by atoms with E-state index in [1.165, 1.54) is 16.8 Å². The van der Waals surface area contributed by atoms with Crippen molar-refractivity contribution in [1.29, 1.82) is 0 Å². The molecule has 4 rings (SSSR count). The number of carbonyl (C=O) groups is 2. The number of nitrogens with zero attached hydrogens (tertiary/aromatic N) is 3. The fourth-order valence-electron chi connectivity index (χ4n) is 3.41. The van der Waals surface area contributed by atoms with Crippen LogP contribution in [-0.4, -0.2) is 32.9 Å². The zero-order valence-electron chi connectivity index (χ0n) is 19.9. The molecule has 1 saturated carbocycles. The molecule has 3 heterocycles. The van der Waals surface area contributed by atoms with Crippen molar-refractivity contribution in [3.63, 3.8) is 0 Å². The molecule has 1 fully saturated rings. The largest absolute Gasteiger partial charge is 0.355 e. The number of aryl methyl sites for hydroxylation is 1. The molecule has 0 spiro atoms. The van der Waals surface area contributed by atoms with Crippen LogP contribution < -0.4 is 21.5 Å². The van der Waals surface area contributed by atoms with Crippen LogP contribution in [0.1, 0.15) is 27.3 Å². The topological polar surface area (TPSA) is 110 Å². The summed E-state index contributed by atoms with van der Waals surface area (Å²) in [4.78, 5) is 42.1. The van der Waals surface area contributed by atoms with E-state index in [1.807, 2.05) is 5.32 Å². The normalized spacial score (nSPS) is 14.9. The molecule has 3 aromatic heterocycles. The number of amides is 2. The van der Waals surface area contributed by atoms with E-state index in [-0.39, 0.29) is 34.5 Å². The molecule has 31 heavy (non-hydrogen) atoms. The van der Waals surface area contributed by atoms with E-state index in [4.69, 9.17) is 4.11 Å². The van der Waals surface area contributed by atoms with Crippen LogP contribution in [-0.2, 0) is 18.4 Å². The maximum absolute atomic E-state index is 13.1. The molecule has 1 aliphatic carbocycles. The fraction of sp³-hybridized carbons (Fsp3) is 0.273. The average molecular weight is 423 g/mol. The lowest BCUT2D eigenvalue weighted by Crippen LogP contribution is -2.21. The quantitative estimate of drug-likeness (QED) is 0.506. The second-order valence-corrected chi connectivity index (χ2v) is 7.43. The number of fused-ring (bicyclic) bond motifs is 1. The lowest BCUT2D eigenvalue weighted by atomic mass is 10.2. The molecule has 160 valence electrons. The Balaban J connectivity index is 1.78. The predicted molar refractivity (Wildman–Crippen MR) is 120 cm³/mol. The van der Waals surface area contributed by atoms with E-state index < -0.39 is 12.9 Å². The third-order valence-corrected chi connectivity index (χ3v) is 5.17. The first kappa shape index (κ1) is 16.9. The molecule has 0 bridgehead atoms. The van der Waals surface area contributed by atoms with Gasteiger partial charge in [0.25, 0.3) is 11.5 Å². The molecule has 0 radical (unpaired) electrons. The van der Waals surface area contributed by atoms with Gasteiger partial charge in [-0.15, -0.1) is 6.58 Å². The van der Waals surface area contributed by atoms with E-state index in [1.54, 1.807) is 36.2 Å². The highest BCUT2D eigenvalue weighted by Crippen LogP contribution is 2.31. The summed E-state index contributed by atoms with van der Waals surface area (Å²) in [6, 6.07) is 3.24. The molecule has 2 amide bonds. The van der Waals surface area contributed by atoms with Gasteiger partial charge in [-0.3, -0.25) is 14.4 Å². The summed E-state index contributed by atoms with van der Waals surface area (Å²) >= 11 is 0. The number of hydrogen-bond donors (Lipinski definition) is 3. The molecular weight excluding hydrogens is 396 g/mol. The monoisotopic (exact) mass is 423 g/mol. The minimum atomic E-state index is -2.70. The lowest BCUT2D eigenvalue weighted by molar-refractivity contribution is -0.117. The molecular formula is C22H24N6O3. The molecule has 0 aliphatic heterocycles. The Bertz CT molecular complexity index is 1350. The molecule has 9 heteroatoms. The second-order valence-electron chi connectivity index (χ2n) is 7.43. The number of pyridine rings is 2. The number of anilines is 3. The van der Waals surface area contributed by atoms with Crippen molar-refractivity contribution in [3.05, 3.63) is 59.3 Å². The number of allylic oxidation sites excluding steroid dienone is 1. The van der Waals surface area contributed by atoms with E-state index in [2.05, 4.69) is 22.2 Å². The van der Waals surface area contributed by atoms with Gasteiger partial charge >= 0.3 is 0 Å². The van der Waals surface area contributed by atoms with Gasteiger partial charge in [-0.2, -0.15) is 0 Å². The molecule has 3 N–H and O–H groups in total. The van der Waals surface area contributed by atoms with Gasteiger partial charge in [0.1, 0.15) is 5.82 Å². The number of carbonyl (C=O) groups excluding carboxylic acids is 2.